The second-order valence-corrected chi connectivity index (χ2v) is 7.04. The van der Waals surface area contributed by atoms with Crippen LogP contribution in [0, 0.1) is 12.7 Å². The van der Waals surface area contributed by atoms with E-state index in [-0.39, 0.29) is 18.2 Å². The minimum atomic E-state index is -0.643. The Labute approximate surface area is 166 Å². The summed E-state index contributed by atoms with van der Waals surface area (Å²) in [5.74, 6) is -0.873. The molecule has 4 nitrogen and oxygen atoms in total. The van der Waals surface area contributed by atoms with Crippen LogP contribution in [0.2, 0.25) is 0 Å². The van der Waals surface area contributed by atoms with Crippen molar-refractivity contribution in [2.24, 2.45) is 0 Å². The Morgan fingerprint density at radius 2 is 1.71 bits per heavy atom. The molecule has 0 saturated heterocycles. The molecule has 2 aromatic carbocycles. The molecule has 150 valence electrons. The van der Waals surface area contributed by atoms with E-state index < -0.39 is 11.9 Å². The third-order valence-corrected chi connectivity index (χ3v) is 4.90. The quantitative estimate of drug-likeness (QED) is 0.664. The Hall–Kier alpha value is -2.69. The number of hydrogen-bond donors (Lipinski definition) is 1. The second-order valence-electron chi connectivity index (χ2n) is 7.04. The highest BCUT2D eigenvalue weighted by molar-refractivity contribution is 5.88. The predicted molar refractivity (Wildman–Crippen MR) is 109 cm³/mol. The minimum Gasteiger partial charge on any atom is -0.354 e. The maximum Gasteiger partial charge on any atom is 0.242 e. The van der Waals surface area contributed by atoms with Crippen LogP contribution in [0.25, 0.3) is 0 Å². The van der Waals surface area contributed by atoms with Crippen LogP contribution in [0.4, 0.5) is 4.39 Å². The molecule has 1 atom stereocenters. The van der Waals surface area contributed by atoms with Crippen molar-refractivity contribution in [2.75, 3.05) is 6.54 Å². The fourth-order valence-corrected chi connectivity index (χ4v) is 3.00. The highest BCUT2D eigenvalue weighted by atomic mass is 19.1. The van der Waals surface area contributed by atoms with Gasteiger partial charge in [-0.15, -0.1) is 0 Å². The average Bonchev–Trinajstić information content (AvgIpc) is 2.68. The van der Waals surface area contributed by atoms with Gasteiger partial charge in [0.25, 0.3) is 0 Å². The fourth-order valence-electron chi connectivity index (χ4n) is 3.00. The molecular weight excluding hydrogens is 355 g/mol. The van der Waals surface area contributed by atoms with Gasteiger partial charge in [0.1, 0.15) is 11.9 Å². The number of nitrogens with one attached hydrogen (secondary N) is 1. The van der Waals surface area contributed by atoms with Crippen molar-refractivity contribution in [2.45, 2.75) is 52.6 Å². The summed E-state index contributed by atoms with van der Waals surface area (Å²) in [5, 5.41) is 2.89. The average molecular weight is 384 g/mol. The summed E-state index contributed by atoms with van der Waals surface area (Å²) in [4.78, 5) is 27.2. The summed E-state index contributed by atoms with van der Waals surface area (Å²) >= 11 is 0. The van der Waals surface area contributed by atoms with Gasteiger partial charge in [0.2, 0.25) is 11.8 Å². The number of carbonyl (C=O) groups is 2. The molecule has 0 aliphatic carbocycles. The molecule has 0 heterocycles. The van der Waals surface area contributed by atoms with Gasteiger partial charge in [-0.2, -0.15) is 0 Å². The van der Waals surface area contributed by atoms with E-state index in [1.165, 1.54) is 11.0 Å². The van der Waals surface area contributed by atoms with Crippen LogP contribution in [0.5, 0.6) is 0 Å². The van der Waals surface area contributed by atoms with Gasteiger partial charge in [-0.3, -0.25) is 9.59 Å². The van der Waals surface area contributed by atoms with Gasteiger partial charge >= 0.3 is 0 Å². The highest BCUT2D eigenvalue weighted by Gasteiger charge is 2.26. The van der Waals surface area contributed by atoms with Crippen molar-refractivity contribution in [3.05, 3.63) is 71.0 Å². The summed E-state index contributed by atoms with van der Waals surface area (Å²) < 4.78 is 14.0. The van der Waals surface area contributed by atoms with Crippen molar-refractivity contribution < 1.29 is 14.0 Å². The number of benzene rings is 2. The normalized spacial score (nSPS) is 11.7. The van der Waals surface area contributed by atoms with E-state index in [4.69, 9.17) is 0 Å². The number of halogens is 1. The first-order chi connectivity index (χ1) is 13.4. The Bertz CT molecular complexity index is 807. The van der Waals surface area contributed by atoms with Crippen LogP contribution in [-0.2, 0) is 22.6 Å². The monoisotopic (exact) mass is 384 g/mol. The van der Waals surface area contributed by atoms with Crippen LogP contribution in [0.3, 0.4) is 0 Å². The maximum absolute atomic E-state index is 14.0. The molecule has 0 unspecified atom stereocenters. The van der Waals surface area contributed by atoms with Gasteiger partial charge in [-0.1, -0.05) is 55.8 Å². The molecule has 0 spiro atoms. The number of carbonyl (C=O) groups excluding carboxylic acids is 2. The van der Waals surface area contributed by atoms with Crippen LogP contribution in [0.1, 0.15) is 43.4 Å². The number of rotatable bonds is 9. The Balaban J connectivity index is 2.22. The Morgan fingerprint density at radius 1 is 1.07 bits per heavy atom. The first-order valence-corrected chi connectivity index (χ1v) is 9.79. The summed E-state index contributed by atoms with van der Waals surface area (Å²) in [6.07, 6.45) is 1.79. The molecule has 0 bridgehead atoms. The van der Waals surface area contributed by atoms with E-state index in [1.54, 1.807) is 25.1 Å². The minimum absolute atomic E-state index is 0.0782. The lowest BCUT2D eigenvalue weighted by Gasteiger charge is -2.29. The first kappa shape index (κ1) is 21.6. The predicted octanol–water partition coefficient (Wildman–Crippen LogP) is 4.01. The van der Waals surface area contributed by atoms with Gasteiger partial charge in [-0.25, -0.2) is 4.39 Å². The molecule has 0 fully saturated rings. The third-order valence-electron chi connectivity index (χ3n) is 4.90. The van der Waals surface area contributed by atoms with E-state index in [0.717, 1.165) is 24.0 Å². The lowest BCUT2D eigenvalue weighted by Crippen LogP contribution is -2.48. The van der Waals surface area contributed by atoms with Crippen LogP contribution in [-0.4, -0.2) is 29.3 Å². The summed E-state index contributed by atoms with van der Waals surface area (Å²) in [6.45, 7) is 6.64. The van der Waals surface area contributed by atoms with Crippen molar-refractivity contribution in [1.29, 1.82) is 0 Å². The zero-order valence-corrected chi connectivity index (χ0v) is 16.9. The van der Waals surface area contributed by atoms with E-state index in [2.05, 4.69) is 12.2 Å². The van der Waals surface area contributed by atoms with Gasteiger partial charge in [0, 0.05) is 13.1 Å². The molecule has 0 aromatic heterocycles. The molecule has 0 saturated carbocycles. The highest BCUT2D eigenvalue weighted by Crippen LogP contribution is 2.16. The molecule has 0 radical (unpaired) electrons. The lowest BCUT2D eigenvalue weighted by atomic mass is 10.1. The number of unbranched alkanes of at least 4 members (excludes halogenated alkanes) is 1. The van der Waals surface area contributed by atoms with Crippen molar-refractivity contribution in [1.82, 2.24) is 10.2 Å². The number of hydrogen-bond acceptors (Lipinski definition) is 2. The standard InChI is InChI=1S/C23H29FN2O2/c1-4-5-14-25-23(28)18(3)26(16-20-12-7-6-10-17(20)2)22(27)15-19-11-8-9-13-21(19)24/h6-13,18H,4-5,14-16H2,1-3H3,(H,25,28)/t18-/m0/s1. The maximum atomic E-state index is 14.0. The zero-order chi connectivity index (χ0) is 20.5. The third kappa shape index (κ3) is 5.91. The lowest BCUT2D eigenvalue weighted by molar-refractivity contribution is -0.140. The van der Waals surface area contributed by atoms with Crippen molar-refractivity contribution >= 4 is 11.8 Å². The summed E-state index contributed by atoms with van der Waals surface area (Å²) in [7, 11) is 0. The van der Waals surface area contributed by atoms with Crippen LogP contribution < -0.4 is 5.32 Å². The van der Waals surface area contributed by atoms with Crippen molar-refractivity contribution in [3.8, 4) is 0 Å². The topological polar surface area (TPSA) is 49.4 Å². The molecule has 1 N–H and O–H groups in total. The fraction of sp³-hybridized carbons (Fsp3) is 0.391. The molecule has 0 aliphatic rings. The van der Waals surface area contributed by atoms with E-state index in [0.29, 0.717) is 18.7 Å². The Morgan fingerprint density at radius 3 is 2.36 bits per heavy atom. The molecule has 2 aromatic rings. The molecule has 2 rings (SSSR count). The smallest absolute Gasteiger partial charge is 0.242 e. The Kier molecular flexibility index (Phi) is 8.18. The molecule has 0 aliphatic heterocycles. The van der Waals surface area contributed by atoms with Gasteiger partial charge in [0.15, 0.2) is 0 Å². The van der Waals surface area contributed by atoms with E-state index >= 15 is 0 Å². The van der Waals surface area contributed by atoms with Crippen molar-refractivity contribution in [3.63, 3.8) is 0 Å². The molecular formula is C23H29FN2O2. The number of nitrogens with zero attached hydrogens (tertiary/aromatic N) is 1. The van der Waals surface area contributed by atoms with Gasteiger partial charge < -0.3 is 10.2 Å². The molecule has 28 heavy (non-hydrogen) atoms. The zero-order valence-electron chi connectivity index (χ0n) is 16.9. The van der Waals surface area contributed by atoms with E-state index in [1.807, 2.05) is 31.2 Å². The number of amides is 2. The van der Waals surface area contributed by atoms with Crippen LogP contribution >= 0.6 is 0 Å². The first-order valence-electron chi connectivity index (χ1n) is 9.79. The summed E-state index contributed by atoms with van der Waals surface area (Å²) in [5.41, 5.74) is 2.35. The number of aryl methyl sites for hydroxylation is 1. The van der Waals surface area contributed by atoms with Gasteiger partial charge in [-0.05, 0) is 43.0 Å². The van der Waals surface area contributed by atoms with E-state index in [9.17, 15) is 14.0 Å². The largest absolute Gasteiger partial charge is 0.354 e. The molecule has 5 heteroatoms. The summed E-state index contributed by atoms with van der Waals surface area (Å²) in [6, 6.07) is 13.4. The second kappa shape index (κ2) is 10.6. The molecule has 2 amide bonds. The SMILES string of the molecule is CCCCNC(=O)[C@H](C)N(Cc1ccccc1C)C(=O)Cc1ccccc1F. The van der Waals surface area contributed by atoms with Crippen LogP contribution in [0.15, 0.2) is 48.5 Å². The van der Waals surface area contributed by atoms with Gasteiger partial charge in [0.05, 0.1) is 6.42 Å².